The fraction of sp³-hybridized carbons (Fsp3) is 0.340. The van der Waals surface area contributed by atoms with Gasteiger partial charge in [0.25, 0.3) is 0 Å². The normalized spacial score (nSPS) is 17.2. The highest BCUT2D eigenvalue weighted by molar-refractivity contribution is 5.92. The van der Waals surface area contributed by atoms with Crippen LogP contribution in [-0.4, -0.2) is 93.9 Å². The zero-order valence-electron chi connectivity index (χ0n) is 37.4. The minimum Gasteiger partial charge on any atom is -0.494 e. The van der Waals surface area contributed by atoms with E-state index in [1.165, 1.54) is 30.3 Å². The molecule has 352 valence electrons. The average Bonchev–Trinajstić information content (AvgIpc) is 3.95. The number of carbonyl (C=O) groups excluding carboxylic acids is 5. The van der Waals surface area contributed by atoms with E-state index in [1.807, 2.05) is 48.6 Å². The predicted octanol–water partition coefficient (Wildman–Crippen LogP) is 8.96. The summed E-state index contributed by atoms with van der Waals surface area (Å²) in [5.41, 5.74) is 2.84. The van der Waals surface area contributed by atoms with Crippen molar-refractivity contribution in [2.45, 2.75) is 75.8 Å². The van der Waals surface area contributed by atoms with E-state index in [1.54, 1.807) is 36.4 Å². The molecular weight excluding hydrogens is 861 g/mol. The number of hydrogen-bond acceptors (Lipinski definition) is 14. The largest absolute Gasteiger partial charge is 0.494 e. The van der Waals surface area contributed by atoms with Crippen LogP contribution in [0.3, 0.4) is 0 Å². The minimum atomic E-state index is -0.717. The van der Waals surface area contributed by atoms with Crippen LogP contribution in [0.2, 0.25) is 0 Å². The van der Waals surface area contributed by atoms with Gasteiger partial charge in [-0.05, 0) is 135 Å². The summed E-state index contributed by atoms with van der Waals surface area (Å²) < 4.78 is 50.4. The van der Waals surface area contributed by atoms with E-state index in [0.717, 1.165) is 74.3 Å². The van der Waals surface area contributed by atoms with Gasteiger partial charge >= 0.3 is 29.8 Å². The van der Waals surface area contributed by atoms with Crippen LogP contribution in [0.5, 0.6) is 17.2 Å². The van der Waals surface area contributed by atoms with E-state index >= 15 is 0 Å². The Labute approximate surface area is 390 Å². The van der Waals surface area contributed by atoms with Crippen LogP contribution in [0.1, 0.15) is 93.6 Å². The zero-order chi connectivity index (χ0) is 47.2. The van der Waals surface area contributed by atoms with Gasteiger partial charge in [0.1, 0.15) is 29.5 Å². The van der Waals surface area contributed by atoms with Crippen molar-refractivity contribution in [3.05, 3.63) is 150 Å². The smallest absolute Gasteiger partial charge is 0.343 e. The Bertz CT molecular complexity index is 2280. The van der Waals surface area contributed by atoms with Gasteiger partial charge in [-0.2, -0.15) is 0 Å². The van der Waals surface area contributed by atoms with Crippen LogP contribution in [0, 0.1) is 0 Å². The number of unbranched alkanes of at least 4 members (excludes halogenated alkanes) is 6. The molecule has 2 saturated heterocycles. The molecule has 2 fully saturated rings. The summed E-state index contributed by atoms with van der Waals surface area (Å²) in [6.45, 7) is 8.80. The van der Waals surface area contributed by atoms with Crippen molar-refractivity contribution in [1.29, 1.82) is 0 Å². The first-order valence-corrected chi connectivity index (χ1v) is 22.5. The number of rotatable bonds is 26. The summed E-state index contributed by atoms with van der Waals surface area (Å²) in [6.07, 6.45) is 10.7. The number of benzene rings is 4. The maximum Gasteiger partial charge on any atom is 0.343 e. The molecule has 2 aliphatic heterocycles. The van der Waals surface area contributed by atoms with Crippen LogP contribution in [-0.2, 0) is 38.0 Å². The van der Waals surface area contributed by atoms with Crippen molar-refractivity contribution in [1.82, 2.24) is 0 Å². The molecular formula is C53H56O14. The number of ether oxygens (including phenoxy) is 9. The van der Waals surface area contributed by atoms with Crippen molar-refractivity contribution in [2.75, 3.05) is 39.6 Å². The van der Waals surface area contributed by atoms with Gasteiger partial charge in [-0.1, -0.05) is 49.6 Å². The molecule has 0 aliphatic carbocycles. The van der Waals surface area contributed by atoms with Crippen LogP contribution in [0.15, 0.2) is 122 Å². The third kappa shape index (κ3) is 15.8. The standard InChI is InChI=1S/C53H56O14/c1-3-47(54)61-33-11-7-5-9-31-59-42-25-17-38(18-26-42)14-13-37-15-19-39(20-16-37)52(57)66-45-35-63-50-46(36-64-49(45)50)67-53(58)41-23-29-44(30-24-41)65-51(56)40-21-27-43(28-22-40)60-32-10-6-8-12-34-62-48(55)4-2/h3-4,13-30,45-46,49-50H,1-2,5-12,31-36H2/t45-,46+,49-,50-/m1/s1. The molecule has 0 saturated carbocycles. The number of fused-ring (bicyclic) bond motifs is 1. The maximum atomic E-state index is 13.1. The molecule has 4 aromatic rings. The van der Waals surface area contributed by atoms with Crippen molar-refractivity contribution < 1.29 is 66.6 Å². The van der Waals surface area contributed by atoms with Crippen LogP contribution in [0.4, 0.5) is 0 Å². The first-order valence-electron chi connectivity index (χ1n) is 22.5. The van der Waals surface area contributed by atoms with Gasteiger partial charge in [0.15, 0.2) is 12.2 Å². The molecule has 6 rings (SSSR count). The molecule has 0 bridgehead atoms. The molecule has 2 heterocycles. The number of carbonyl (C=O) groups is 5. The third-order valence-electron chi connectivity index (χ3n) is 10.8. The zero-order valence-corrected chi connectivity index (χ0v) is 37.4. The summed E-state index contributed by atoms with van der Waals surface area (Å²) in [6, 6.07) is 27.5. The van der Waals surface area contributed by atoms with Gasteiger partial charge < -0.3 is 42.6 Å². The molecule has 67 heavy (non-hydrogen) atoms. The Hall–Kier alpha value is -7.03. The molecule has 2 aliphatic rings. The van der Waals surface area contributed by atoms with Gasteiger partial charge in [0, 0.05) is 12.2 Å². The average molecular weight is 917 g/mol. The van der Waals surface area contributed by atoms with Crippen molar-refractivity contribution in [3.8, 4) is 17.2 Å². The van der Waals surface area contributed by atoms with Gasteiger partial charge in [-0.15, -0.1) is 0 Å². The molecule has 0 radical (unpaired) electrons. The molecule has 14 nitrogen and oxygen atoms in total. The van der Waals surface area contributed by atoms with E-state index in [4.69, 9.17) is 42.6 Å². The van der Waals surface area contributed by atoms with E-state index < -0.39 is 54.3 Å². The number of hydrogen-bond donors (Lipinski definition) is 0. The lowest BCUT2D eigenvalue weighted by molar-refractivity contribution is -0.138. The van der Waals surface area contributed by atoms with Crippen LogP contribution in [0.25, 0.3) is 12.2 Å². The lowest BCUT2D eigenvalue weighted by Crippen LogP contribution is -2.36. The van der Waals surface area contributed by atoms with E-state index in [2.05, 4.69) is 13.2 Å². The van der Waals surface area contributed by atoms with E-state index in [9.17, 15) is 24.0 Å². The van der Waals surface area contributed by atoms with Crippen LogP contribution < -0.4 is 14.2 Å². The van der Waals surface area contributed by atoms with Crippen LogP contribution >= 0.6 is 0 Å². The third-order valence-corrected chi connectivity index (χ3v) is 10.8. The highest BCUT2D eigenvalue weighted by Gasteiger charge is 2.51. The SMILES string of the molecule is C=CC(=O)OCCCCCCOc1ccc(C=Cc2ccc(C(=O)O[C@@H]3CO[C@H]4[C@@H]3OC[C@@H]4OC(=O)c3ccc(OC(=O)c4ccc(OCCCCCCOC(=O)C=C)cc4)cc3)cc2)cc1. The van der Waals surface area contributed by atoms with Gasteiger partial charge in [-0.25, -0.2) is 24.0 Å². The monoisotopic (exact) mass is 916 g/mol. The fourth-order valence-electron chi connectivity index (χ4n) is 7.11. The molecule has 0 aromatic heterocycles. The Balaban J connectivity index is 0.861. The lowest BCUT2D eigenvalue weighted by Gasteiger charge is -2.17. The topological polar surface area (TPSA) is 168 Å². The Morgan fingerprint density at radius 2 is 0.821 bits per heavy atom. The molecule has 0 N–H and O–H groups in total. The number of esters is 5. The van der Waals surface area contributed by atoms with E-state index in [-0.39, 0.29) is 24.5 Å². The first kappa shape index (κ1) is 49.4. The van der Waals surface area contributed by atoms with E-state index in [0.29, 0.717) is 43.3 Å². The molecule has 0 amide bonds. The Kier molecular flexibility index (Phi) is 19.3. The first-order chi connectivity index (χ1) is 32.7. The second-order valence-electron chi connectivity index (χ2n) is 15.7. The highest BCUT2D eigenvalue weighted by atomic mass is 16.7. The summed E-state index contributed by atoms with van der Waals surface area (Å²) in [5, 5.41) is 0. The molecule has 4 atom stereocenters. The Morgan fingerprint density at radius 3 is 1.25 bits per heavy atom. The van der Waals surface area contributed by atoms with Crippen molar-refractivity contribution in [2.24, 2.45) is 0 Å². The molecule has 14 heteroatoms. The minimum absolute atomic E-state index is 0.0707. The molecule has 0 unspecified atom stereocenters. The van der Waals surface area contributed by atoms with Gasteiger partial charge in [0.2, 0.25) is 0 Å². The second-order valence-corrected chi connectivity index (χ2v) is 15.7. The summed E-state index contributed by atoms with van der Waals surface area (Å²) in [4.78, 5) is 61.1. The fourth-order valence-corrected chi connectivity index (χ4v) is 7.11. The Morgan fingerprint density at radius 1 is 0.463 bits per heavy atom. The summed E-state index contributed by atoms with van der Waals surface area (Å²) >= 11 is 0. The predicted molar refractivity (Wildman–Crippen MR) is 248 cm³/mol. The highest BCUT2D eigenvalue weighted by Crippen LogP contribution is 2.32. The summed E-state index contributed by atoms with van der Waals surface area (Å²) in [5.74, 6) is -0.848. The second kappa shape index (κ2) is 26.2. The summed E-state index contributed by atoms with van der Waals surface area (Å²) in [7, 11) is 0. The molecule has 4 aromatic carbocycles. The quantitative estimate of drug-likeness (QED) is 0.0146. The molecule has 0 spiro atoms. The van der Waals surface area contributed by atoms with Crippen molar-refractivity contribution in [3.63, 3.8) is 0 Å². The van der Waals surface area contributed by atoms with Gasteiger partial charge in [0.05, 0.1) is 56.3 Å². The van der Waals surface area contributed by atoms with Gasteiger partial charge in [-0.3, -0.25) is 0 Å². The lowest BCUT2D eigenvalue weighted by atomic mass is 10.1. The maximum absolute atomic E-state index is 13.1. The van der Waals surface area contributed by atoms with Crippen molar-refractivity contribution >= 4 is 42.0 Å².